The molecule has 2 amide bonds. The van der Waals surface area contributed by atoms with Crippen molar-refractivity contribution in [1.29, 1.82) is 0 Å². The monoisotopic (exact) mass is 427 g/mol. The number of morpholine rings is 1. The molecule has 0 bridgehead atoms. The standard InChI is InChI=1S/C22H22FN3O3S/c23-17-4-2-1-3-15(17)14-20-22(28)25-18-13-16(5-6-19(18)30-20)21(27)24-7-8-26-9-11-29-12-10-26/h1-6,13-14H,7-12H2,(H,24,27)(H,25,28)/b20-14-. The number of nitrogens with one attached hydrogen (secondary N) is 2. The van der Waals surface area contributed by atoms with Crippen LogP contribution in [-0.4, -0.2) is 56.1 Å². The summed E-state index contributed by atoms with van der Waals surface area (Å²) in [5, 5.41) is 5.72. The van der Waals surface area contributed by atoms with E-state index in [0.717, 1.165) is 37.7 Å². The predicted octanol–water partition coefficient (Wildman–Crippen LogP) is 2.97. The molecule has 0 spiro atoms. The van der Waals surface area contributed by atoms with E-state index in [4.69, 9.17) is 4.74 Å². The van der Waals surface area contributed by atoms with Crippen LogP contribution in [0.3, 0.4) is 0 Å². The van der Waals surface area contributed by atoms with Crippen molar-refractivity contribution in [1.82, 2.24) is 10.2 Å². The lowest BCUT2D eigenvalue weighted by Gasteiger charge is -2.26. The van der Waals surface area contributed by atoms with E-state index in [-0.39, 0.29) is 17.6 Å². The quantitative estimate of drug-likeness (QED) is 0.718. The number of ether oxygens (including phenoxy) is 1. The summed E-state index contributed by atoms with van der Waals surface area (Å²) in [7, 11) is 0. The molecule has 30 heavy (non-hydrogen) atoms. The van der Waals surface area contributed by atoms with Crippen molar-refractivity contribution < 1.29 is 18.7 Å². The maximum absolute atomic E-state index is 13.9. The van der Waals surface area contributed by atoms with Crippen LogP contribution in [0.5, 0.6) is 0 Å². The van der Waals surface area contributed by atoms with Crippen LogP contribution in [0.15, 0.2) is 52.3 Å². The van der Waals surface area contributed by atoms with Gasteiger partial charge in [0.15, 0.2) is 0 Å². The van der Waals surface area contributed by atoms with Gasteiger partial charge in [-0.15, -0.1) is 0 Å². The molecule has 1 saturated heterocycles. The van der Waals surface area contributed by atoms with E-state index in [0.29, 0.717) is 28.3 Å². The Hall–Kier alpha value is -2.68. The SMILES string of the molecule is O=C1Nc2cc(C(=O)NCCN3CCOCC3)ccc2S/C1=C\c1ccccc1F. The molecule has 4 rings (SSSR count). The fourth-order valence-corrected chi connectivity index (χ4v) is 4.21. The largest absolute Gasteiger partial charge is 0.379 e. The van der Waals surface area contributed by atoms with Crippen LogP contribution in [-0.2, 0) is 9.53 Å². The van der Waals surface area contributed by atoms with Crippen molar-refractivity contribution in [3.63, 3.8) is 0 Å². The minimum Gasteiger partial charge on any atom is -0.379 e. The second-order valence-corrected chi connectivity index (χ2v) is 8.09. The highest BCUT2D eigenvalue weighted by atomic mass is 32.2. The third-order valence-corrected chi connectivity index (χ3v) is 6.04. The molecule has 2 aromatic rings. The highest BCUT2D eigenvalue weighted by molar-refractivity contribution is 8.04. The Kier molecular flexibility index (Phi) is 6.47. The van der Waals surface area contributed by atoms with E-state index in [1.165, 1.54) is 23.9 Å². The molecule has 0 unspecified atom stereocenters. The topological polar surface area (TPSA) is 70.7 Å². The summed E-state index contributed by atoms with van der Waals surface area (Å²) in [6.07, 6.45) is 1.53. The van der Waals surface area contributed by atoms with Crippen LogP contribution in [0.1, 0.15) is 15.9 Å². The van der Waals surface area contributed by atoms with Crippen molar-refractivity contribution in [2.45, 2.75) is 4.90 Å². The normalized spacial score (nSPS) is 18.0. The van der Waals surface area contributed by atoms with Crippen LogP contribution in [0.2, 0.25) is 0 Å². The Morgan fingerprint density at radius 3 is 2.83 bits per heavy atom. The summed E-state index contributed by atoms with van der Waals surface area (Å²) in [5.41, 5.74) is 1.42. The van der Waals surface area contributed by atoms with Gasteiger partial charge in [0.1, 0.15) is 5.82 Å². The maximum Gasteiger partial charge on any atom is 0.262 e. The zero-order chi connectivity index (χ0) is 20.9. The first kappa shape index (κ1) is 20.6. The lowest BCUT2D eigenvalue weighted by atomic mass is 10.1. The minimum absolute atomic E-state index is 0.182. The molecule has 0 aromatic heterocycles. The van der Waals surface area contributed by atoms with Crippen molar-refractivity contribution >= 4 is 35.3 Å². The number of thioether (sulfide) groups is 1. The molecule has 2 N–H and O–H groups in total. The van der Waals surface area contributed by atoms with Gasteiger partial charge >= 0.3 is 0 Å². The van der Waals surface area contributed by atoms with Gasteiger partial charge in [-0.25, -0.2) is 4.39 Å². The second-order valence-electron chi connectivity index (χ2n) is 7.01. The number of hydrogen-bond acceptors (Lipinski definition) is 5. The van der Waals surface area contributed by atoms with E-state index < -0.39 is 0 Å². The van der Waals surface area contributed by atoms with Gasteiger partial charge < -0.3 is 15.4 Å². The number of carbonyl (C=O) groups excluding carboxylic acids is 2. The molecule has 0 aliphatic carbocycles. The molecular weight excluding hydrogens is 405 g/mol. The zero-order valence-corrected chi connectivity index (χ0v) is 17.1. The summed E-state index contributed by atoms with van der Waals surface area (Å²) in [4.78, 5) is 28.4. The predicted molar refractivity (Wildman–Crippen MR) is 115 cm³/mol. The summed E-state index contributed by atoms with van der Waals surface area (Å²) in [5.74, 6) is -0.882. The first-order valence-electron chi connectivity index (χ1n) is 9.78. The van der Waals surface area contributed by atoms with Gasteiger partial charge in [0.2, 0.25) is 0 Å². The first-order valence-corrected chi connectivity index (χ1v) is 10.6. The van der Waals surface area contributed by atoms with Crippen molar-refractivity contribution in [2.24, 2.45) is 0 Å². The first-order chi connectivity index (χ1) is 14.6. The number of carbonyl (C=O) groups is 2. The second kappa shape index (κ2) is 9.42. The summed E-state index contributed by atoms with van der Waals surface area (Å²) >= 11 is 1.26. The molecule has 0 radical (unpaired) electrons. The number of rotatable bonds is 5. The van der Waals surface area contributed by atoms with Crippen molar-refractivity contribution in [3.8, 4) is 0 Å². The third-order valence-electron chi connectivity index (χ3n) is 4.94. The Balaban J connectivity index is 1.40. The average Bonchev–Trinajstić information content (AvgIpc) is 2.76. The maximum atomic E-state index is 13.9. The molecule has 2 heterocycles. The van der Waals surface area contributed by atoms with Crippen LogP contribution in [0, 0.1) is 5.82 Å². The lowest BCUT2D eigenvalue weighted by molar-refractivity contribution is -0.112. The zero-order valence-electron chi connectivity index (χ0n) is 16.3. The molecular formula is C22H22FN3O3S. The Morgan fingerprint density at radius 2 is 2.03 bits per heavy atom. The Labute approximate surface area is 178 Å². The smallest absolute Gasteiger partial charge is 0.262 e. The number of nitrogens with zero attached hydrogens (tertiary/aromatic N) is 1. The van der Waals surface area contributed by atoms with Gasteiger partial charge in [-0.1, -0.05) is 30.0 Å². The number of amides is 2. The van der Waals surface area contributed by atoms with Crippen LogP contribution < -0.4 is 10.6 Å². The third kappa shape index (κ3) is 4.89. The number of fused-ring (bicyclic) bond motifs is 1. The van der Waals surface area contributed by atoms with Gasteiger partial charge in [-0.05, 0) is 30.3 Å². The van der Waals surface area contributed by atoms with Gasteiger partial charge in [0, 0.05) is 42.2 Å². The van der Waals surface area contributed by atoms with E-state index >= 15 is 0 Å². The number of benzene rings is 2. The average molecular weight is 428 g/mol. The van der Waals surface area contributed by atoms with Gasteiger partial charge in [0.25, 0.3) is 11.8 Å². The highest BCUT2D eigenvalue weighted by Crippen LogP contribution is 2.39. The molecule has 2 aromatic carbocycles. The van der Waals surface area contributed by atoms with Crippen molar-refractivity contribution in [3.05, 3.63) is 64.3 Å². The molecule has 6 nitrogen and oxygen atoms in total. The van der Waals surface area contributed by atoms with Crippen LogP contribution in [0.4, 0.5) is 10.1 Å². The van der Waals surface area contributed by atoms with E-state index in [1.807, 2.05) is 0 Å². The highest BCUT2D eigenvalue weighted by Gasteiger charge is 2.22. The number of halogens is 1. The van der Waals surface area contributed by atoms with Crippen LogP contribution in [0.25, 0.3) is 6.08 Å². The fourth-order valence-electron chi connectivity index (χ4n) is 3.29. The Bertz CT molecular complexity index is 989. The molecule has 0 saturated carbocycles. The molecule has 2 aliphatic rings. The van der Waals surface area contributed by atoms with Gasteiger partial charge in [-0.2, -0.15) is 0 Å². The van der Waals surface area contributed by atoms with Gasteiger partial charge in [0.05, 0.1) is 23.8 Å². The summed E-state index contributed by atoms with van der Waals surface area (Å²) in [6, 6.07) is 11.5. The van der Waals surface area contributed by atoms with Gasteiger partial charge in [-0.3, -0.25) is 14.5 Å². The van der Waals surface area contributed by atoms with Crippen LogP contribution >= 0.6 is 11.8 Å². The molecule has 8 heteroatoms. The van der Waals surface area contributed by atoms with Crippen molar-refractivity contribution in [2.75, 3.05) is 44.7 Å². The van der Waals surface area contributed by atoms with E-state index in [1.54, 1.807) is 36.4 Å². The van der Waals surface area contributed by atoms with E-state index in [9.17, 15) is 14.0 Å². The fraction of sp³-hybridized carbons (Fsp3) is 0.273. The summed E-state index contributed by atoms with van der Waals surface area (Å²) < 4.78 is 19.2. The number of hydrogen-bond donors (Lipinski definition) is 2. The molecule has 156 valence electrons. The number of anilines is 1. The lowest BCUT2D eigenvalue weighted by Crippen LogP contribution is -2.41. The molecule has 2 aliphatic heterocycles. The molecule has 1 fully saturated rings. The Morgan fingerprint density at radius 1 is 1.23 bits per heavy atom. The minimum atomic E-state index is -0.381. The molecule has 0 atom stereocenters. The van der Waals surface area contributed by atoms with E-state index in [2.05, 4.69) is 15.5 Å². The summed E-state index contributed by atoms with van der Waals surface area (Å²) in [6.45, 7) is 4.53.